The summed E-state index contributed by atoms with van der Waals surface area (Å²) in [5.41, 5.74) is 6.04. The first kappa shape index (κ1) is 12.7. The maximum Gasteiger partial charge on any atom is 0.123 e. The SMILES string of the molecule is COc1cc(OCCSC)cc(C(=N)N)c1. The van der Waals surface area contributed by atoms with E-state index >= 15 is 0 Å². The Balaban J connectivity index is 2.82. The minimum atomic E-state index is 0.00798. The molecular weight excluding hydrogens is 224 g/mol. The summed E-state index contributed by atoms with van der Waals surface area (Å²) in [6.45, 7) is 0.631. The smallest absolute Gasteiger partial charge is 0.123 e. The van der Waals surface area contributed by atoms with Crippen molar-refractivity contribution in [3.05, 3.63) is 23.8 Å². The molecule has 5 heteroatoms. The molecule has 0 amide bonds. The molecule has 0 aromatic heterocycles. The Kier molecular flexibility index (Phi) is 4.98. The van der Waals surface area contributed by atoms with Crippen molar-refractivity contribution in [2.45, 2.75) is 0 Å². The van der Waals surface area contributed by atoms with Gasteiger partial charge in [-0.05, 0) is 18.4 Å². The fourth-order valence-electron chi connectivity index (χ4n) is 1.17. The van der Waals surface area contributed by atoms with Crippen molar-refractivity contribution in [3.63, 3.8) is 0 Å². The fourth-order valence-corrected chi connectivity index (χ4v) is 1.42. The Morgan fingerprint density at radius 2 is 2.06 bits per heavy atom. The molecule has 1 aromatic rings. The molecule has 88 valence electrons. The minimum Gasteiger partial charge on any atom is -0.497 e. The third-order valence-corrected chi connectivity index (χ3v) is 2.56. The highest BCUT2D eigenvalue weighted by Gasteiger charge is 2.04. The van der Waals surface area contributed by atoms with Crippen LogP contribution in [0.5, 0.6) is 11.5 Å². The van der Waals surface area contributed by atoms with Gasteiger partial charge in [0.25, 0.3) is 0 Å². The van der Waals surface area contributed by atoms with Crippen LogP contribution < -0.4 is 15.2 Å². The van der Waals surface area contributed by atoms with Gasteiger partial charge in [-0.3, -0.25) is 5.41 Å². The number of amidine groups is 1. The lowest BCUT2D eigenvalue weighted by molar-refractivity contribution is 0.339. The number of benzene rings is 1. The number of hydrogen-bond acceptors (Lipinski definition) is 4. The third kappa shape index (κ3) is 3.66. The van der Waals surface area contributed by atoms with Crippen LogP contribution in [0.3, 0.4) is 0 Å². The first-order valence-electron chi connectivity index (χ1n) is 4.82. The second-order valence-electron chi connectivity index (χ2n) is 3.15. The molecule has 0 aliphatic heterocycles. The maximum atomic E-state index is 7.38. The zero-order valence-electron chi connectivity index (χ0n) is 9.45. The summed E-state index contributed by atoms with van der Waals surface area (Å²) in [5.74, 6) is 2.26. The zero-order valence-corrected chi connectivity index (χ0v) is 10.3. The Morgan fingerprint density at radius 1 is 1.38 bits per heavy atom. The van der Waals surface area contributed by atoms with Crippen LogP contribution in [-0.4, -0.2) is 31.6 Å². The van der Waals surface area contributed by atoms with Crippen molar-refractivity contribution in [2.75, 3.05) is 25.7 Å². The number of methoxy groups -OCH3 is 1. The molecule has 0 saturated heterocycles. The second kappa shape index (κ2) is 6.27. The topological polar surface area (TPSA) is 68.3 Å². The number of nitrogens with one attached hydrogen (secondary N) is 1. The number of rotatable bonds is 6. The maximum absolute atomic E-state index is 7.38. The molecule has 0 saturated carbocycles. The summed E-state index contributed by atoms with van der Waals surface area (Å²) in [4.78, 5) is 0. The van der Waals surface area contributed by atoms with Crippen molar-refractivity contribution in [2.24, 2.45) is 5.73 Å². The van der Waals surface area contributed by atoms with E-state index in [-0.39, 0.29) is 5.84 Å². The monoisotopic (exact) mass is 240 g/mol. The molecule has 4 nitrogen and oxygen atoms in total. The van der Waals surface area contributed by atoms with Crippen LogP contribution in [0.1, 0.15) is 5.56 Å². The molecule has 0 spiro atoms. The molecule has 1 rings (SSSR count). The van der Waals surface area contributed by atoms with Crippen molar-refractivity contribution in [1.82, 2.24) is 0 Å². The first-order chi connectivity index (χ1) is 7.67. The van der Waals surface area contributed by atoms with Crippen LogP contribution in [0.25, 0.3) is 0 Å². The van der Waals surface area contributed by atoms with Crippen LogP contribution in [0.2, 0.25) is 0 Å². The number of thioether (sulfide) groups is 1. The lowest BCUT2D eigenvalue weighted by atomic mass is 10.2. The van der Waals surface area contributed by atoms with E-state index in [9.17, 15) is 0 Å². The van der Waals surface area contributed by atoms with Crippen LogP contribution in [0.4, 0.5) is 0 Å². The normalized spacial score (nSPS) is 9.88. The molecule has 0 aliphatic rings. The number of ether oxygens (including phenoxy) is 2. The summed E-state index contributed by atoms with van der Waals surface area (Å²) in [7, 11) is 1.57. The molecule has 0 fully saturated rings. The standard InChI is InChI=1S/C11H16N2O2S/c1-14-9-5-8(11(12)13)6-10(7-9)15-3-4-16-2/h5-7H,3-4H2,1-2H3,(H3,12,13). The van der Waals surface area contributed by atoms with Gasteiger partial charge in [-0.1, -0.05) is 0 Å². The van der Waals surface area contributed by atoms with E-state index < -0.39 is 0 Å². The lowest BCUT2D eigenvalue weighted by Crippen LogP contribution is -2.11. The highest BCUT2D eigenvalue weighted by Crippen LogP contribution is 2.22. The highest BCUT2D eigenvalue weighted by molar-refractivity contribution is 7.98. The van der Waals surface area contributed by atoms with Gasteiger partial charge < -0.3 is 15.2 Å². The predicted molar refractivity (Wildman–Crippen MR) is 67.9 cm³/mol. The van der Waals surface area contributed by atoms with E-state index in [2.05, 4.69) is 0 Å². The summed E-state index contributed by atoms with van der Waals surface area (Å²) < 4.78 is 10.6. The number of hydrogen-bond donors (Lipinski definition) is 2. The highest BCUT2D eigenvalue weighted by atomic mass is 32.2. The average molecular weight is 240 g/mol. The molecule has 0 heterocycles. The van der Waals surface area contributed by atoms with Crippen molar-refractivity contribution in [3.8, 4) is 11.5 Å². The Hall–Kier alpha value is -1.36. The average Bonchev–Trinajstić information content (AvgIpc) is 2.29. The molecular formula is C11H16N2O2S. The van der Waals surface area contributed by atoms with E-state index in [1.807, 2.05) is 6.26 Å². The summed E-state index contributed by atoms with van der Waals surface area (Å²) >= 11 is 1.72. The largest absolute Gasteiger partial charge is 0.497 e. The van der Waals surface area contributed by atoms with E-state index in [0.29, 0.717) is 23.7 Å². The van der Waals surface area contributed by atoms with Gasteiger partial charge in [-0.25, -0.2) is 0 Å². The Bertz CT molecular complexity index is 369. The molecule has 0 bridgehead atoms. The van der Waals surface area contributed by atoms with Gasteiger partial charge in [0.2, 0.25) is 0 Å². The van der Waals surface area contributed by atoms with Crippen molar-refractivity contribution < 1.29 is 9.47 Å². The lowest BCUT2D eigenvalue weighted by Gasteiger charge is -2.09. The predicted octanol–water partition coefficient (Wildman–Crippen LogP) is 1.72. The summed E-state index contributed by atoms with van der Waals surface area (Å²) in [5, 5.41) is 7.38. The van der Waals surface area contributed by atoms with E-state index in [1.165, 1.54) is 0 Å². The second-order valence-corrected chi connectivity index (χ2v) is 4.14. The fraction of sp³-hybridized carbons (Fsp3) is 0.364. The number of nitrogens with two attached hydrogens (primary N) is 1. The third-order valence-electron chi connectivity index (χ3n) is 1.98. The number of nitrogen functional groups attached to an aromatic ring is 1. The zero-order chi connectivity index (χ0) is 12.0. The van der Waals surface area contributed by atoms with Gasteiger partial charge >= 0.3 is 0 Å². The Labute approximate surface area is 99.6 Å². The molecule has 0 radical (unpaired) electrons. The molecule has 0 atom stereocenters. The van der Waals surface area contributed by atoms with Crippen LogP contribution in [-0.2, 0) is 0 Å². The van der Waals surface area contributed by atoms with Crippen molar-refractivity contribution in [1.29, 1.82) is 5.41 Å². The molecule has 16 heavy (non-hydrogen) atoms. The van der Waals surface area contributed by atoms with Crippen molar-refractivity contribution >= 4 is 17.6 Å². The summed E-state index contributed by atoms with van der Waals surface area (Å²) in [6, 6.07) is 5.24. The van der Waals surface area contributed by atoms with E-state index in [1.54, 1.807) is 37.1 Å². The van der Waals surface area contributed by atoms with Gasteiger partial charge in [0.05, 0.1) is 13.7 Å². The van der Waals surface area contributed by atoms with Crippen LogP contribution >= 0.6 is 11.8 Å². The minimum absolute atomic E-state index is 0.00798. The van der Waals surface area contributed by atoms with Gasteiger partial charge in [-0.15, -0.1) is 0 Å². The first-order valence-corrected chi connectivity index (χ1v) is 6.22. The van der Waals surface area contributed by atoms with Crippen LogP contribution in [0.15, 0.2) is 18.2 Å². The van der Waals surface area contributed by atoms with Gasteiger partial charge in [0.15, 0.2) is 0 Å². The van der Waals surface area contributed by atoms with Crippen LogP contribution in [0, 0.1) is 5.41 Å². The molecule has 0 aliphatic carbocycles. The molecule has 1 aromatic carbocycles. The Morgan fingerprint density at radius 3 is 2.62 bits per heavy atom. The van der Waals surface area contributed by atoms with Gasteiger partial charge in [-0.2, -0.15) is 11.8 Å². The summed E-state index contributed by atoms with van der Waals surface area (Å²) in [6.07, 6.45) is 2.02. The van der Waals surface area contributed by atoms with Gasteiger partial charge in [0, 0.05) is 17.4 Å². The quantitative estimate of drug-likeness (QED) is 0.451. The van der Waals surface area contributed by atoms with E-state index in [0.717, 1.165) is 5.75 Å². The van der Waals surface area contributed by atoms with E-state index in [4.69, 9.17) is 20.6 Å². The molecule has 0 unspecified atom stereocenters. The van der Waals surface area contributed by atoms with Gasteiger partial charge in [0.1, 0.15) is 17.3 Å². The molecule has 3 N–H and O–H groups in total.